The van der Waals surface area contributed by atoms with E-state index in [0.29, 0.717) is 61.9 Å². The predicted octanol–water partition coefficient (Wildman–Crippen LogP) is 5.60. The minimum Gasteiger partial charge on any atom is -0.338 e. The Kier molecular flexibility index (Phi) is 8.14. The molecule has 0 unspecified atom stereocenters. The highest BCUT2D eigenvalue weighted by atomic mass is 19.1. The van der Waals surface area contributed by atoms with Crippen LogP contribution in [0.5, 0.6) is 0 Å². The second-order valence-electron chi connectivity index (χ2n) is 13.6. The maximum Gasteiger partial charge on any atom is 0.237 e. The molecular weight excluding hydrogens is 640 g/mol. The van der Waals surface area contributed by atoms with Gasteiger partial charge < -0.3 is 10.2 Å². The monoisotopic (exact) mass is 675 g/mol. The molecule has 3 aliphatic rings. The molecule has 8 rings (SSSR count). The number of H-pyrrole nitrogens is 1. The van der Waals surface area contributed by atoms with Gasteiger partial charge in [0.25, 0.3) is 0 Å². The lowest BCUT2D eigenvalue weighted by atomic mass is 9.88. The lowest BCUT2D eigenvalue weighted by Gasteiger charge is -2.29. The number of benzene rings is 2. The Morgan fingerprint density at radius 3 is 2.58 bits per heavy atom. The standard InChI is InChI=1S/C37H35F2N9O2/c1-37(36(50)43-24-5-6-30-27(17-24)33(46-45-30)31-7-13-42-34(44-31)23-3-4-23)10-16-47(21-37)20-32(49)48-14-8-22(9-15-48)25-18-29(39)26(19-28(25)38)35-40-11-2-12-41-35/h2,5-8,11-13,17-19,23H,3-4,9-10,14-16,20-21H2,1H3,(H,43,50)(H,45,46)/t37-/m1/s1. The minimum absolute atomic E-state index is 0.000133. The fraction of sp³-hybridized carbons (Fsp3) is 0.324. The number of hydrogen-bond donors (Lipinski definition) is 2. The predicted molar refractivity (Wildman–Crippen MR) is 183 cm³/mol. The van der Waals surface area contributed by atoms with Gasteiger partial charge in [0.2, 0.25) is 11.8 Å². The van der Waals surface area contributed by atoms with E-state index in [0.717, 1.165) is 41.3 Å². The van der Waals surface area contributed by atoms with E-state index >= 15 is 4.39 Å². The highest BCUT2D eigenvalue weighted by molar-refractivity contribution is 6.00. The van der Waals surface area contributed by atoms with Gasteiger partial charge in [-0.15, -0.1) is 0 Å². The Bertz CT molecular complexity index is 2150. The van der Waals surface area contributed by atoms with Gasteiger partial charge in [-0.05, 0) is 87.2 Å². The van der Waals surface area contributed by atoms with E-state index < -0.39 is 17.0 Å². The number of anilines is 1. The smallest absolute Gasteiger partial charge is 0.237 e. The summed E-state index contributed by atoms with van der Waals surface area (Å²) in [6.45, 7) is 3.82. The first-order valence-electron chi connectivity index (χ1n) is 16.8. The van der Waals surface area contributed by atoms with Crippen LogP contribution in [0.4, 0.5) is 14.5 Å². The third-order valence-electron chi connectivity index (χ3n) is 9.91. The SMILES string of the molecule is C[C@@]1(C(=O)Nc2ccc3[nH]nc(-c4ccnc(C5CC5)n4)c3c2)CCN(CC(=O)N2CC=C(c3cc(F)c(-c4ncccn4)cc3F)CC2)C1. The summed E-state index contributed by atoms with van der Waals surface area (Å²) >= 11 is 0. The molecule has 5 heterocycles. The molecular formula is C37H35F2N9O2. The molecule has 1 saturated carbocycles. The van der Waals surface area contributed by atoms with Crippen LogP contribution in [0, 0.1) is 17.0 Å². The van der Waals surface area contributed by atoms with Gasteiger partial charge in [0.05, 0.1) is 28.7 Å². The average Bonchev–Trinajstić information content (AvgIpc) is 3.80. The summed E-state index contributed by atoms with van der Waals surface area (Å²) in [5.74, 6) is 0.0318. The first-order valence-corrected chi connectivity index (χ1v) is 16.8. The maximum atomic E-state index is 15.1. The molecule has 2 aromatic carbocycles. The van der Waals surface area contributed by atoms with Crippen molar-refractivity contribution < 1.29 is 18.4 Å². The average molecular weight is 676 g/mol. The van der Waals surface area contributed by atoms with Crippen LogP contribution < -0.4 is 5.32 Å². The van der Waals surface area contributed by atoms with Gasteiger partial charge in [0.15, 0.2) is 5.82 Å². The zero-order chi connectivity index (χ0) is 34.4. The molecule has 254 valence electrons. The third-order valence-corrected chi connectivity index (χ3v) is 9.91. The summed E-state index contributed by atoms with van der Waals surface area (Å²) in [6, 6.07) is 11.4. The van der Waals surface area contributed by atoms with Gasteiger partial charge in [0, 0.05) is 60.8 Å². The number of hydrogen-bond acceptors (Lipinski definition) is 8. The lowest BCUT2D eigenvalue weighted by Crippen LogP contribution is -2.43. The molecule has 5 aromatic rings. The van der Waals surface area contributed by atoms with Crippen molar-refractivity contribution in [1.82, 2.24) is 39.9 Å². The second kappa shape index (κ2) is 12.8. The van der Waals surface area contributed by atoms with E-state index in [9.17, 15) is 14.0 Å². The van der Waals surface area contributed by atoms with Crippen molar-refractivity contribution >= 4 is 34.0 Å². The number of nitrogens with zero attached hydrogens (tertiary/aromatic N) is 7. The Hall–Kier alpha value is -5.43. The summed E-state index contributed by atoms with van der Waals surface area (Å²) in [6.07, 6.45) is 9.71. The molecule has 2 N–H and O–H groups in total. The molecule has 2 aliphatic heterocycles. The number of fused-ring (bicyclic) bond motifs is 1. The van der Waals surface area contributed by atoms with Crippen LogP contribution in [-0.4, -0.2) is 84.5 Å². The molecule has 13 heteroatoms. The van der Waals surface area contributed by atoms with E-state index in [4.69, 9.17) is 4.98 Å². The Morgan fingerprint density at radius 2 is 1.80 bits per heavy atom. The number of aromatic amines is 1. The fourth-order valence-corrected chi connectivity index (χ4v) is 6.82. The van der Waals surface area contributed by atoms with Gasteiger partial charge in [-0.25, -0.2) is 28.7 Å². The van der Waals surface area contributed by atoms with E-state index in [1.807, 2.05) is 36.1 Å². The quantitative estimate of drug-likeness (QED) is 0.217. The fourth-order valence-electron chi connectivity index (χ4n) is 6.82. The van der Waals surface area contributed by atoms with Gasteiger partial charge in [-0.2, -0.15) is 5.10 Å². The number of likely N-dealkylation sites (tertiary alicyclic amines) is 1. The van der Waals surface area contributed by atoms with Crippen LogP contribution in [-0.2, 0) is 9.59 Å². The van der Waals surface area contributed by atoms with Gasteiger partial charge in [-0.1, -0.05) is 6.08 Å². The molecule has 3 aromatic heterocycles. The number of nitrogens with one attached hydrogen (secondary N) is 2. The van der Waals surface area contributed by atoms with Crippen molar-refractivity contribution in [3.05, 3.63) is 90.2 Å². The Balaban J connectivity index is 0.885. The van der Waals surface area contributed by atoms with E-state index in [-0.39, 0.29) is 35.3 Å². The maximum absolute atomic E-state index is 15.1. The summed E-state index contributed by atoms with van der Waals surface area (Å²) in [7, 11) is 0. The molecule has 1 saturated heterocycles. The van der Waals surface area contributed by atoms with Gasteiger partial charge in [0.1, 0.15) is 23.2 Å². The molecule has 2 amide bonds. The van der Waals surface area contributed by atoms with Crippen LogP contribution in [0.2, 0.25) is 0 Å². The molecule has 50 heavy (non-hydrogen) atoms. The molecule has 0 bridgehead atoms. The van der Waals surface area contributed by atoms with Crippen molar-refractivity contribution in [2.24, 2.45) is 5.41 Å². The first kappa shape index (κ1) is 31.8. The highest BCUT2D eigenvalue weighted by Gasteiger charge is 2.41. The first-order chi connectivity index (χ1) is 24.2. The van der Waals surface area contributed by atoms with Gasteiger partial charge >= 0.3 is 0 Å². The second-order valence-corrected chi connectivity index (χ2v) is 13.6. The van der Waals surface area contributed by atoms with Crippen LogP contribution in [0.15, 0.2) is 67.1 Å². The van der Waals surface area contributed by atoms with Gasteiger partial charge in [-0.3, -0.25) is 19.6 Å². The summed E-state index contributed by atoms with van der Waals surface area (Å²) < 4.78 is 30.0. The van der Waals surface area contributed by atoms with Crippen molar-refractivity contribution in [3.63, 3.8) is 0 Å². The molecule has 2 fully saturated rings. The van der Waals surface area contributed by atoms with E-state index in [2.05, 4.69) is 30.5 Å². The normalized spacial score (nSPS) is 19.5. The largest absolute Gasteiger partial charge is 0.338 e. The van der Waals surface area contributed by atoms with Crippen LogP contribution >= 0.6 is 0 Å². The topological polar surface area (TPSA) is 133 Å². The summed E-state index contributed by atoms with van der Waals surface area (Å²) in [5.41, 5.74) is 3.10. The number of rotatable bonds is 8. The number of aromatic nitrogens is 6. The van der Waals surface area contributed by atoms with Crippen molar-refractivity contribution in [3.8, 4) is 22.8 Å². The number of amides is 2. The Morgan fingerprint density at radius 1 is 1.00 bits per heavy atom. The molecule has 0 radical (unpaired) electrons. The number of halogens is 2. The molecule has 0 spiro atoms. The summed E-state index contributed by atoms with van der Waals surface area (Å²) in [4.78, 5) is 47.8. The molecule has 11 nitrogen and oxygen atoms in total. The van der Waals surface area contributed by atoms with E-state index in [1.165, 1.54) is 18.5 Å². The molecule has 1 aliphatic carbocycles. The van der Waals surface area contributed by atoms with Crippen LogP contribution in [0.1, 0.15) is 49.9 Å². The lowest BCUT2D eigenvalue weighted by molar-refractivity contribution is -0.132. The van der Waals surface area contributed by atoms with Crippen molar-refractivity contribution in [1.29, 1.82) is 0 Å². The number of carbonyl (C=O) groups excluding carboxylic acids is 2. The zero-order valence-corrected chi connectivity index (χ0v) is 27.5. The Labute approximate surface area is 286 Å². The van der Waals surface area contributed by atoms with Crippen LogP contribution in [0.25, 0.3) is 39.3 Å². The van der Waals surface area contributed by atoms with Crippen LogP contribution in [0.3, 0.4) is 0 Å². The zero-order valence-electron chi connectivity index (χ0n) is 27.5. The van der Waals surface area contributed by atoms with E-state index in [1.54, 1.807) is 23.2 Å². The van der Waals surface area contributed by atoms with Crippen molar-refractivity contribution in [2.75, 3.05) is 38.0 Å². The summed E-state index contributed by atoms with van der Waals surface area (Å²) in [5, 5.41) is 11.5. The minimum atomic E-state index is -0.687. The number of carbonyl (C=O) groups is 2. The van der Waals surface area contributed by atoms with Crippen molar-refractivity contribution in [2.45, 2.75) is 38.5 Å². The highest BCUT2D eigenvalue weighted by Crippen LogP contribution is 2.39. The third kappa shape index (κ3) is 6.24. The molecule has 1 atom stereocenters.